The van der Waals surface area contributed by atoms with E-state index in [1.54, 1.807) is 12.1 Å². The first-order valence-electron chi connectivity index (χ1n) is 7.35. The summed E-state index contributed by atoms with van der Waals surface area (Å²) in [6.07, 6.45) is 0. The number of benzene rings is 2. The van der Waals surface area contributed by atoms with Gasteiger partial charge in [0.2, 0.25) is 0 Å². The molecule has 0 spiro atoms. The van der Waals surface area contributed by atoms with Crippen molar-refractivity contribution in [1.29, 1.82) is 0 Å². The van der Waals surface area contributed by atoms with Gasteiger partial charge in [0.05, 0.1) is 15.4 Å². The van der Waals surface area contributed by atoms with E-state index in [-0.39, 0.29) is 5.56 Å². The molecule has 2 rings (SSSR count). The first-order chi connectivity index (χ1) is 12.7. The average Bonchev–Trinajstić information content (AvgIpc) is 2.61. The van der Waals surface area contributed by atoms with Gasteiger partial charge in [-0.3, -0.25) is 25.0 Å². The molecule has 0 aliphatic rings. The molecule has 0 aliphatic heterocycles. The lowest BCUT2D eigenvalue weighted by atomic mass is 10.1. The largest absolute Gasteiger partial charge is 0.452 e. The zero-order valence-corrected chi connectivity index (χ0v) is 14.6. The van der Waals surface area contributed by atoms with Crippen LogP contribution >= 0.6 is 11.6 Å². The molecule has 1 amide bonds. The predicted octanol–water partition coefficient (Wildman–Crippen LogP) is 3.26. The summed E-state index contributed by atoms with van der Waals surface area (Å²) in [6.45, 7) is 0.516. The summed E-state index contributed by atoms with van der Waals surface area (Å²) in [5.41, 5.74) is -1.37. The van der Waals surface area contributed by atoms with E-state index in [9.17, 15) is 29.8 Å². The monoisotopic (exact) mass is 393 g/mol. The van der Waals surface area contributed by atoms with Gasteiger partial charge >= 0.3 is 5.97 Å². The standard InChI is InChI=1S/C16H12ClN3O7/c1-9-13(19(23)24)6-10(7-14(9)20(25)26)16(22)27-8-15(21)18-12-4-2-11(17)3-5-12/h2-7H,8H2,1H3,(H,18,21). The summed E-state index contributed by atoms with van der Waals surface area (Å²) >= 11 is 5.72. The highest BCUT2D eigenvalue weighted by atomic mass is 35.5. The fourth-order valence-electron chi connectivity index (χ4n) is 2.13. The summed E-state index contributed by atoms with van der Waals surface area (Å²) in [6, 6.07) is 7.90. The summed E-state index contributed by atoms with van der Waals surface area (Å²) in [5, 5.41) is 25.0. The molecule has 1 N–H and O–H groups in total. The van der Waals surface area contributed by atoms with Gasteiger partial charge in [0.1, 0.15) is 5.56 Å². The minimum atomic E-state index is -1.10. The van der Waals surface area contributed by atoms with Crippen molar-refractivity contribution in [3.05, 3.63) is 72.8 Å². The van der Waals surface area contributed by atoms with E-state index in [2.05, 4.69) is 5.32 Å². The van der Waals surface area contributed by atoms with Crippen molar-refractivity contribution in [2.45, 2.75) is 6.92 Å². The molecule has 0 aromatic heterocycles. The van der Waals surface area contributed by atoms with E-state index >= 15 is 0 Å². The lowest BCUT2D eigenvalue weighted by Gasteiger charge is -2.07. The molecule has 0 heterocycles. The molecule has 140 valence electrons. The highest BCUT2D eigenvalue weighted by Crippen LogP contribution is 2.29. The van der Waals surface area contributed by atoms with Crippen LogP contribution in [-0.4, -0.2) is 28.3 Å². The molecule has 0 unspecified atom stereocenters. The maximum atomic E-state index is 12.0. The number of rotatable bonds is 6. The minimum Gasteiger partial charge on any atom is -0.452 e. The van der Waals surface area contributed by atoms with Crippen molar-refractivity contribution in [3.8, 4) is 0 Å². The maximum absolute atomic E-state index is 12.0. The molecule has 10 nitrogen and oxygen atoms in total. The molecule has 0 saturated carbocycles. The van der Waals surface area contributed by atoms with Gasteiger partial charge in [0, 0.05) is 22.8 Å². The molecular formula is C16H12ClN3O7. The summed E-state index contributed by atoms with van der Waals surface area (Å²) < 4.78 is 4.77. The number of anilines is 1. The van der Waals surface area contributed by atoms with Gasteiger partial charge in [0.25, 0.3) is 17.3 Å². The number of hydrogen-bond donors (Lipinski definition) is 1. The van der Waals surface area contributed by atoms with Crippen LogP contribution in [0.25, 0.3) is 0 Å². The smallest absolute Gasteiger partial charge is 0.339 e. The molecule has 0 atom stereocenters. The first-order valence-corrected chi connectivity index (χ1v) is 7.73. The Hall–Kier alpha value is -3.53. The summed E-state index contributed by atoms with van der Waals surface area (Å²) in [4.78, 5) is 44.2. The fraction of sp³-hybridized carbons (Fsp3) is 0.125. The Morgan fingerprint density at radius 3 is 2.07 bits per heavy atom. The van der Waals surface area contributed by atoms with Crippen molar-refractivity contribution >= 4 is 40.5 Å². The topological polar surface area (TPSA) is 142 Å². The third-order valence-corrected chi connectivity index (χ3v) is 3.70. The number of amides is 1. The van der Waals surface area contributed by atoms with Crippen LogP contribution in [0.1, 0.15) is 15.9 Å². The highest BCUT2D eigenvalue weighted by molar-refractivity contribution is 6.30. The number of carbonyl (C=O) groups is 2. The second-order valence-electron chi connectivity index (χ2n) is 5.28. The number of esters is 1. The van der Waals surface area contributed by atoms with Crippen molar-refractivity contribution in [3.63, 3.8) is 0 Å². The van der Waals surface area contributed by atoms with Crippen LogP contribution in [0.5, 0.6) is 0 Å². The number of halogens is 1. The quantitative estimate of drug-likeness (QED) is 0.450. The average molecular weight is 394 g/mol. The van der Waals surface area contributed by atoms with E-state index < -0.39 is 45.3 Å². The number of nitro groups is 2. The molecule has 0 aliphatic carbocycles. The maximum Gasteiger partial charge on any atom is 0.339 e. The molecule has 2 aromatic carbocycles. The van der Waals surface area contributed by atoms with Gasteiger partial charge in [-0.15, -0.1) is 0 Å². The highest BCUT2D eigenvalue weighted by Gasteiger charge is 2.26. The Morgan fingerprint density at radius 2 is 1.59 bits per heavy atom. The molecule has 0 bridgehead atoms. The number of ether oxygens (including phenoxy) is 1. The second kappa shape index (κ2) is 8.23. The van der Waals surface area contributed by atoms with Gasteiger partial charge in [-0.25, -0.2) is 4.79 Å². The van der Waals surface area contributed by atoms with Gasteiger partial charge in [0.15, 0.2) is 6.61 Å². The third-order valence-electron chi connectivity index (χ3n) is 3.44. The molecular weight excluding hydrogens is 382 g/mol. The molecule has 2 aromatic rings. The SMILES string of the molecule is Cc1c([N+](=O)[O-])cc(C(=O)OCC(=O)Nc2ccc(Cl)cc2)cc1[N+](=O)[O-]. The van der Waals surface area contributed by atoms with Gasteiger partial charge in [-0.2, -0.15) is 0 Å². The van der Waals surface area contributed by atoms with Crippen molar-refractivity contribution in [2.75, 3.05) is 11.9 Å². The van der Waals surface area contributed by atoms with Crippen LogP contribution in [0.15, 0.2) is 36.4 Å². The lowest BCUT2D eigenvalue weighted by Crippen LogP contribution is -2.21. The number of carbonyl (C=O) groups excluding carboxylic acids is 2. The van der Waals surface area contributed by atoms with E-state index in [0.29, 0.717) is 10.7 Å². The first kappa shape index (κ1) is 19.8. The Morgan fingerprint density at radius 1 is 1.07 bits per heavy atom. The van der Waals surface area contributed by atoms with E-state index in [0.717, 1.165) is 12.1 Å². The fourth-order valence-corrected chi connectivity index (χ4v) is 2.25. The predicted molar refractivity (Wildman–Crippen MR) is 94.9 cm³/mol. The van der Waals surface area contributed by atoms with Gasteiger partial charge in [-0.05, 0) is 31.2 Å². The third kappa shape index (κ3) is 4.98. The van der Waals surface area contributed by atoms with E-state index in [1.807, 2.05) is 0 Å². The van der Waals surface area contributed by atoms with Gasteiger partial charge < -0.3 is 10.1 Å². The number of nitrogens with zero attached hydrogens (tertiary/aromatic N) is 2. The normalized spacial score (nSPS) is 10.1. The van der Waals surface area contributed by atoms with Crippen molar-refractivity contribution < 1.29 is 24.2 Å². The molecule has 27 heavy (non-hydrogen) atoms. The van der Waals surface area contributed by atoms with E-state index in [1.165, 1.54) is 19.1 Å². The zero-order chi connectivity index (χ0) is 20.1. The van der Waals surface area contributed by atoms with Crippen LogP contribution in [0.4, 0.5) is 17.1 Å². The Labute approximate surface area is 157 Å². The van der Waals surface area contributed by atoms with Crippen LogP contribution in [0.2, 0.25) is 5.02 Å². The molecule has 0 saturated heterocycles. The van der Waals surface area contributed by atoms with E-state index in [4.69, 9.17) is 16.3 Å². The number of hydrogen-bond acceptors (Lipinski definition) is 7. The molecule has 0 fully saturated rings. The molecule has 0 radical (unpaired) electrons. The summed E-state index contributed by atoms with van der Waals surface area (Å²) in [5.74, 6) is -1.77. The van der Waals surface area contributed by atoms with Crippen LogP contribution in [-0.2, 0) is 9.53 Å². The van der Waals surface area contributed by atoms with Crippen LogP contribution < -0.4 is 5.32 Å². The Kier molecular flexibility index (Phi) is 6.03. The zero-order valence-electron chi connectivity index (χ0n) is 13.8. The number of nitrogens with one attached hydrogen (secondary N) is 1. The minimum absolute atomic E-state index is 0.193. The van der Waals surface area contributed by atoms with Crippen LogP contribution in [0, 0.1) is 27.2 Å². The van der Waals surface area contributed by atoms with Crippen molar-refractivity contribution in [2.24, 2.45) is 0 Å². The summed E-state index contributed by atoms with van der Waals surface area (Å²) in [7, 11) is 0. The number of nitro benzene ring substituents is 2. The van der Waals surface area contributed by atoms with Gasteiger partial charge in [-0.1, -0.05) is 11.6 Å². The van der Waals surface area contributed by atoms with Crippen molar-refractivity contribution in [1.82, 2.24) is 0 Å². The Balaban J connectivity index is 2.11. The Bertz CT molecular complexity index is 893. The molecule has 11 heteroatoms. The lowest BCUT2D eigenvalue weighted by molar-refractivity contribution is -0.395. The van der Waals surface area contributed by atoms with Crippen LogP contribution in [0.3, 0.4) is 0 Å². The second-order valence-corrected chi connectivity index (χ2v) is 5.72.